The van der Waals surface area contributed by atoms with Crippen LogP contribution in [-0.2, 0) is 0 Å². The van der Waals surface area contributed by atoms with Crippen LogP contribution in [0, 0.1) is 5.92 Å². The van der Waals surface area contributed by atoms with Gasteiger partial charge in [0.25, 0.3) is 0 Å². The van der Waals surface area contributed by atoms with Gasteiger partial charge in [-0.05, 0) is 105 Å². The molecule has 206 valence electrons. The molecule has 0 radical (unpaired) electrons. The van der Waals surface area contributed by atoms with Gasteiger partial charge in [0.15, 0.2) is 5.11 Å². The number of anilines is 2. The first-order valence-electron chi connectivity index (χ1n) is 13.9. The van der Waals surface area contributed by atoms with Crippen LogP contribution in [0.2, 0.25) is 5.02 Å². The summed E-state index contributed by atoms with van der Waals surface area (Å²) in [5.74, 6) is 3.16. The topological polar surface area (TPSA) is 53.8 Å². The lowest BCUT2D eigenvalue weighted by Crippen LogP contribution is -2.33. The smallest absolute Gasteiger partial charge is 0.174 e. The second kappa shape index (κ2) is 11.5. The van der Waals surface area contributed by atoms with E-state index in [1.807, 2.05) is 67.6 Å². The SMILES string of the molecule is CCOc1ccc(-c2ccc([C@@H]3[C@@H](c4ccccn4)NC(=S)N3c3ccc(N4CCC(C)CC4)c(Cl)c3)o2)cc1. The number of benzene rings is 2. The Morgan fingerprint density at radius 1 is 1.05 bits per heavy atom. The van der Waals surface area contributed by atoms with E-state index in [2.05, 4.69) is 39.2 Å². The van der Waals surface area contributed by atoms with Crippen LogP contribution in [0.1, 0.15) is 50.2 Å². The van der Waals surface area contributed by atoms with Crippen LogP contribution in [0.3, 0.4) is 0 Å². The van der Waals surface area contributed by atoms with E-state index in [1.54, 1.807) is 6.20 Å². The summed E-state index contributed by atoms with van der Waals surface area (Å²) in [5, 5.41) is 4.84. The van der Waals surface area contributed by atoms with Gasteiger partial charge in [0.1, 0.15) is 23.3 Å². The molecule has 2 fully saturated rings. The molecule has 1 N–H and O–H groups in total. The summed E-state index contributed by atoms with van der Waals surface area (Å²) in [6, 6.07) is 23.7. The van der Waals surface area contributed by atoms with E-state index >= 15 is 0 Å². The Bertz CT molecular complexity index is 1470. The molecule has 2 aliphatic heterocycles. The van der Waals surface area contributed by atoms with Crippen molar-refractivity contribution in [2.45, 2.75) is 38.8 Å². The highest BCUT2D eigenvalue weighted by Crippen LogP contribution is 2.44. The lowest BCUT2D eigenvalue weighted by Gasteiger charge is -2.33. The molecule has 8 heteroatoms. The number of nitrogens with one attached hydrogen (secondary N) is 1. The molecular formula is C32H33ClN4O2S. The number of hydrogen-bond acceptors (Lipinski definition) is 5. The summed E-state index contributed by atoms with van der Waals surface area (Å²) in [7, 11) is 0. The van der Waals surface area contributed by atoms with Gasteiger partial charge in [-0.15, -0.1) is 0 Å². The van der Waals surface area contributed by atoms with Gasteiger partial charge >= 0.3 is 0 Å². The van der Waals surface area contributed by atoms with Crippen LogP contribution in [0.15, 0.2) is 83.4 Å². The number of nitrogens with zero attached hydrogens (tertiary/aromatic N) is 3. The maximum absolute atomic E-state index is 6.91. The Morgan fingerprint density at radius 2 is 1.85 bits per heavy atom. The van der Waals surface area contributed by atoms with Crippen LogP contribution in [0.5, 0.6) is 5.75 Å². The van der Waals surface area contributed by atoms with Gasteiger partial charge in [-0.25, -0.2) is 0 Å². The van der Waals surface area contributed by atoms with Crippen LogP contribution in [0.4, 0.5) is 11.4 Å². The highest BCUT2D eigenvalue weighted by molar-refractivity contribution is 7.80. The average Bonchev–Trinajstić information content (AvgIpc) is 3.59. The molecule has 4 heterocycles. The Hall–Kier alpha value is -3.55. The average molecular weight is 573 g/mol. The van der Waals surface area contributed by atoms with Gasteiger partial charge in [0.2, 0.25) is 0 Å². The van der Waals surface area contributed by atoms with Gasteiger partial charge in [0, 0.05) is 30.5 Å². The van der Waals surface area contributed by atoms with Crippen molar-refractivity contribution in [2.24, 2.45) is 5.92 Å². The quantitative estimate of drug-likeness (QED) is 0.227. The standard InChI is InChI=1S/C32H33ClN4O2S/c1-3-38-24-10-7-22(8-11-24)28-13-14-29(39-28)31-30(26-6-4-5-17-34-26)35-32(40)37(31)23-9-12-27(25(33)20-23)36-18-15-21(2)16-19-36/h4-14,17,20-21,30-31H,3,15-16,18-19H2,1-2H3,(H,35,40)/t30-,31-/m1/s1. The maximum Gasteiger partial charge on any atom is 0.174 e. The molecule has 2 atom stereocenters. The van der Waals surface area contributed by atoms with Gasteiger partial charge in [-0.2, -0.15) is 0 Å². The third kappa shape index (κ3) is 5.28. The van der Waals surface area contributed by atoms with Gasteiger partial charge in [-0.3, -0.25) is 4.98 Å². The molecule has 0 saturated carbocycles. The zero-order valence-electron chi connectivity index (χ0n) is 22.7. The summed E-state index contributed by atoms with van der Waals surface area (Å²) >= 11 is 12.8. The number of piperidine rings is 1. The van der Waals surface area contributed by atoms with Crippen LogP contribution < -0.4 is 19.9 Å². The fourth-order valence-electron chi connectivity index (χ4n) is 5.62. The third-order valence-electron chi connectivity index (χ3n) is 7.80. The highest BCUT2D eigenvalue weighted by Gasteiger charge is 2.42. The Labute approximate surface area is 245 Å². The molecule has 2 saturated heterocycles. The Kier molecular flexibility index (Phi) is 7.67. The number of pyridine rings is 1. The van der Waals surface area contributed by atoms with Crippen LogP contribution in [-0.4, -0.2) is 29.8 Å². The van der Waals surface area contributed by atoms with Crippen molar-refractivity contribution in [2.75, 3.05) is 29.5 Å². The monoisotopic (exact) mass is 572 g/mol. The molecule has 4 aromatic rings. The third-order valence-corrected chi connectivity index (χ3v) is 8.42. The number of thiocarbonyl (C=S) groups is 1. The zero-order valence-corrected chi connectivity index (χ0v) is 24.3. The first kappa shape index (κ1) is 26.7. The molecule has 0 aliphatic carbocycles. The lowest BCUT2D eigenvalue weighted by atomic mass is 9.98. The predicted molar refractivity (Wildman–Crippen MR) is 165 cm³/mol. The number of furan rings is 1. The zero-order chi connectivity index (χ0) is 27.6. The molecule has 2 aromatic carbocycles. The van der Waals surface area contributed by atoms with Crippen molar-refractivity contribution in [3.8, 4) is 17.1 Å². The molecule has 2 aromatic heterocycles. The Morgan fingerprint density at radius 3 is 2.55 bits per heavy atom. The molecule has 0 bridgehead atoms. The minimum absolute atomic E-state index is 0.199. The molecule has 0 spiro atoms. The second-order valence-electron chi connectivity index (χ2n) is 10.5. The predicted octanol–water partition coefficient (Wildman–Crippen LogP) is 7.81. The molecule has 2 aliphatic rings. The first-order chi connectivity index (χ1) is 19.5. The fraction of sp³-hybridized carbons (Fsp3) is 0.312. The number of ether oxygens (including phenoxy) is 1. The first-order valence-corrected chi connectivity index (χ1v) is 14.7. The van der Waals surface area contributed by atoms with Crippen molar-refractivity contribution in [3.05, 3.63) is 95.5 Å². The van der Waals surface area contributed by atoms with Gasteiger partial charge in [-0.1, -0.05) is 24.6 Å². The summed E-state index contributed by atoms with van der Waals surface area (Å²) in [4.78, 5) is 9.14. The van der Waals surface area contributed by atoms with E-state index < -0.39 is 0 Å². The Balaban J connectivity index is 1.35. The van der Waals surface area contributed by atoms with E-state index in [4.69, 9.17) is 33.0 Å². The molecule has 6 nitrogen and oxygen atoms in total. The van der Waals surface area contributed by atoms with E-state index in [-0.39, 0.29) is 12.1 Å². The normalized spacial score (nSPS) is 19.6. The summed E-state index contributed by atoms with van der Waals surface area (Å²) in [6.07, 6.45) is 4.17. The summed E-state index contributed by atoms with van der Waals surface area (Å²) < 4.78 is 12.1. The van der Waals surface area contributed by atoms with Gasteiger partial charge in [0.05, 0.1) is 29.1 Å². The van der Waals surface area contributed by atoms with Crippen molar-refractivity contribution >= 4 is 40.3 Å². The largest absolute Gasteiger partial charge is 0.494 e. The molecule has 0 amide bonds. The van der Waals surface area contributed by atoms with E-state index in [9.17, 15) is 0 Å². The van der Waals surface area contributed by atoms with Crippen LogP contribution >= 0.6 is 23.8 Å². The van der Waals surface area contributed by atoms with E-state index in [1.165, 1.54) is 12.8 Å². The van der Waals surface area contributed by atoms with Crippen molar-refractivity contribution in [3.63, 3.8) is 0 Å². The number of halogens is 1. The summed E-state index contributed by atoms with van der Waals surface area (Å²) in [6.45, 7) is 6.97. The molecular weight excluding hydrogens is 540 g/mol. The van der Waals surface area contributed by atoms with Crippen molar-refractivity contribution in [1.82, 2.24) is 10.3 Å². The lowest BCUT2D eigenvalue weighted by molar-refractivity contribution is 0.340. The summed E-state index contributed by atoms with van der Waals surface area (Å²) in [5.41, 5.74) is 3.86. The van der Waals surface area contributed by atoms with Gasteiger partial charge < -0.3 is 24.3 Å². The second-order valence-corrected chi connectivity index (χ2v) is 11.3. The van der Waals surface area contributed by atoms with E-state index in [0.29, 0.717) is 11.7 Å². The number of rotatable bonds is 7. The highest BCUT2D eigenvalue weighted by atomic mass is 35.5. The number of aromatic nitrogens is 1. The molecule has 6 rings (SSSR count). The van der Waals surface area contributed by atoms with Crippen molar-refractivity contribution < 1.29 is 9.15 Å². The molecule has 40 heavy (non-hydrogen) atoms. The fourth-order valence-corrected chi connectivity index (χ4v) is 6.26. The number of hydrogen-bond donors (Lipinski definition) is 1. The van der Waals surface area contributed by atoms with Crippen molar-refractivity contribution in [1.29, 1.82) is 0 Å². The maximum atomic E-state index is 6.91. The minimum atomic E-state index is -0.253. The molecule has 0 unspecified atom stereocenters. The van der Waals surface area contributed by atoms with Crippen LogP contribution in [0.25, 0.3) is 11.3 Å². The minimum Gasteiger partial charge on any atom is -0.494 e. The van der Waals surface area contributed by atoms with E-state index in [0.717, 1.165) is 63.9 Å².